The highest BCUT2D eigenvalue weighted by Gasteiger charge is 2.25. The van der Waals surface area contributed by atoms with Crippen LogP contribution >= 0.6 is 0 Å². The second kappa shape index (κ2) is 6.87. The van der Waals surface area contributed by atoms with Gasteiger partial charge in [0.1, 0.15) is 0 Å². The molecular formula is C13H24N4O. The highest BCUT2D eigenvalue weighted by molar-refractivity contribution is 4.96. The fraction of sp³-hybridized carbons (Fsp3) is 0.769. The molecule has 102 valence electrons. The van der Waals surface area contributed by atoms with Crippen LogP contribution < -0.4 is 11.1 Å². The third-order valence-electron chi connectivity index (χ3n) is 3.54. The van der Waals surface area contributed by atoms with Gasteiger partial charge in [-0.05, 0) is 18.8 Å². The van der Waals surface area contributed by atoms with Crippen molar-refractivity contribution in [3.05, 3.63) is 18.2 Å². The van der Waals surface area contributed by atoms with Gasteiger partial charge in [0, 0.05) is 39.0 Å². The van der Waals surface area contributed by atoms with Crippen molar-refractivity contribution in [1.29, 1.82) is 0 Å². The van der Waals surface area contributed by atoms with E-state index in [1.165, 1.54) is 6.42 Å². The van der Waals surface area contributed by atoms with Crippen molar-refractivity contribution in [2.45, 2.75) is 39.0 Å². The maximum atomic E-state index is 5.68. The van der Waals surface area contributed by atoms with Gasteiger partial charge in [0.25, 0.3) is 0 Å². The lowest BCUT2D eigenvalue weighted by Crippen LogP contribution is -2.28. The van der Waals surface area contributed by atoms with Crippen LogP contribution in [0.15, 0.2) is 12.5 Å². The second-order valence-corrected chi connectivity index (χ2v) is 4.89. The first-order valence-electron chi connectivity index (χ1n) is 6.86. The van der Waals surface area contributed by atoms with E-state index in [1.807, 2.05) is 10.9 Å². The van der Waals surface area contributed by atoms with Gasteiger partial charge in [0.05, 0.1) is 18.1 Å². The predicted molar refractivity (Wildman–Crippen MR) is 71.1 cm³/mol. The van der Waals surface area contributed by atoms with Crippen molar-refractivity contribution < 1.29 is 4.74 Å². The minimum Gasteiger partial charge on any atom is -0.378 e. The predicted octanol–water partition coefficient (Wildman–Crippen LogP) is 0.747. The molecule has 5 heteroatoms. The van der Waals surface area contributed by atoms with E-state index in [-0.39, 0.29) is 0 Å². The Morgan fingerprint density at radius 2 is 2.50 bits per heavy atom. The molecule has 0 radical (unpaired) electrons. The summed E-state index contributed by atoms with van der Waals surface area (Å²) in [4.78, 5) is 4.35. The number of rotatable bonds is 7. The molecule has 0 aromatic carbocycles. The third kappa shape index (κ3) is 3.54. The van der Waals surface area contributed by atoms with Gasteiger partial charge in [-0.3, -0.25) is 0 Å². The Balaban J connectivity index is 1.71. The van der Waals surface area contributed by atoms with E-state index in [1.54, 1.807) is 0 Å². The molecule has 1 saturated heterocycles. The molecule has 1 fully saturated rings. The van der Waals surface area contributed by atoms with Gasteiger partial charge in [0.2, 0.25) is 0 Å². The number of hydrogen-bond acceptors (Lipinski definition) is 4. The number of ether oxygens (including phenoxy) is 1. The zero-order chi connectivity index (χ0) is 12.8. The summed E-state index contributed by atoms with van der Waals surface area (Å²) in [7, 11) is 0. The van der Waals surface area contributed by atoms with Crippen LogP contribution in [0.4, 0.5) is 0 Å². The zero-order valence-electron chi connectivity index (χ0n) is 11.1. The Morgan fingerprint density at radius 1 is 1.61 bits per heavy atom. The molecule has 0 aliphatic carbocycles. The Kier molecular flexibility index (Phi) is 5.16. The van der Waals surface area contributed by atoms with E-state index in [9.17, 15) is 0 Å². The average Bonchev–Trinajstić information content (AvgIpc) is 2.99. The molecule has 1 aromatic rings. The lowest BCUT2D eigenvalue weighted by atomic mass is 10.00. The van der Waals surface area contributed by atoms with Crippen LogP contribution in [0.25, 0.3) is 0 Å². The van der Waals surface area contributed by atoms with Crippen LogP contribution in [0.2, 0.25) is 0 Å². The van der Waals surface area contributed by atoms with Crippen LogP contribution in [0.1, 0.15) is 25.5 Å². The number of nitrogens with one attached hydrogen (secondary N) is 1. The number of nitrogens with two attached hydrogens (primary N) is 1. The first kappa shape index (κ1) is 13.5. The molecule has 1 aromatic heterocycles. The fourth-order valence-corrected chi connectivity index (χ4v) is 2.53. The highest BCUT2D eigenvalue weighted by atomic mass is 16.5. The summed E-state index contributed by atoms with van der Waals surface area (Å²) in [5.74, 6) is 0.654. The maximum absolute atomic E-state index is 5.68. The smallest absolute Gasteiger partial charge is 0.0950 e. The van der Waals surface area contributed by atoms with Gasteiger partial charge >= 0.3 is 0 Å². The summed E-state index contributed by atoms with van der Waals surface area (Å²) in [6.07, 6.45) is 6.62. The highest BCUT2D eigenvalue weighted by Crippen LogP contribution is 2.22. The van der Waals surface area contributed by atoms with Crippen molar-refractivity contribution in [3.8, 4) is 0 Å². The molecule has 3 N–H and O–H groups in total. The lowest BCUT2D eigenvalue weighted by Gasteiger charge is -2.16. The molecule has 2 unspecified atom stereocenters. The lowest BCUT2D eigenvalue weighted by molar-refractivity contribution is 0.0872. The number of aromatic nitrogens is 2. The van der Waals surface area contributed by atoms with Crippen molar-refractivity contribution in [2.75, 3.05) is 19.7 Å². The summed E-state index contributed by atoms with van der Waals surface area (Å²) in [5, 5.41) is 3.48. The van der Waals surface area contributed by atoms with Gasteiger partial charge in [0.15, 0.2) is 0 Å². The molecule has 0 bridgehead atoms. The van der Waals surface area contributed by atoms with Gasteiger partial charge in [-0.2, -0.15) is 0 Å². The number of nitrogens with zero attached hydrogens (tertiary/aromatic N) is 2. The maximum Gasteiger partial charge on any atom is 0.0950 e. The Labute approximate surface area is 109 Å². The molecule has 2 heterocycles. The van der Waals surface area contributed by atoms with Crippen molar-refractivity contribution in [2.24, 2.45) is 11.7 Å². The van der Waals surface area contributed by atoms with E-state index in [2.05, 4.69) is 23.4 Å². The molecule has 0 amide bonds. The van der Waals surface area contributed by atoms with Crippen molar-refractivity contribution in [1.82, 2.24) is 14.9 Å². The summed E-state index contributed by atoms with van der Waals surface area (Å²) in [6, 6.07) is 0. The topological polar surface area (TPSA) is 65.1 Å². The quantitative estimate of drug-likeness (QED) is 0.751. The molecule has 1 aliphatic heterocycles. The largest absolute Gasteiger partial charge is 0.378 e. The first-order valence-corrected chi connectivity index (χ1v) is 6.86. The second-order valence-electron chi connectivity index (χ2n) is 4.89. The Bertz CT molecular complexity index is 353. The van der Waals surface area contributed by atoms with Gasteiger partial charge in [-0.15, -0.1) is 0 Å². The Hall–Kier alpha value is -0.910. The molecule has 1 aliphatic rings. The third-order valence-corrected chi connectivity index (χ3v) is 3.54. The van der Waals surface area contributed by atoms with Crippen LogP contribution in [0, 0.1) is 5.92 Å². The fourth-order valence-electron chi connectivity index (χ4n) is 2.53. The minimum atomic E-state index is 0.437. The monoisotopic (exact) mass is 252 g/mol. The van der Waals surface area contributed by atoms with E-state index >= 15 is 0 Å². The first-order chi connectivity index (χ1) is 8.83. The molecule has 5 nitrogen and oxygen atoms in total. The van der Waals surface area contributed by atoms with E-state index < -0.39 is 0 Å². The van der Waals surface area contributed by atoms with E-state index in [0.29, 0.717) is 18.6 Å². The van der Waals surface area contributed by atoms with Crippen molar-refractivity contribution >= 4 is 0 Å². The van der Waals surface area contributed by atoms with Crippen molar-refractivity contribution in [3.63, 3.8) is 0 Å². The standard InChI is InChI=1S/C13H24N4O/c1-2-13-11(3-6-18-13)7-15-8-12-9-17(5-4-14)10-16-12/h9-11,13,15H,2-8,14H2,1H3. The van der Waals surface area contributed by atoms with Gasteiger partial charge in [-0.25, -0.2) is 4.98 Å². The summed E-state index contributed by atoms with van der Waals surface area (Å²) >= 11 is 0. The summed E-state index contributed by atoms with van der Waals surface area (Å²) < 4.78 is 7.71. The molecule has 0 saturated carbocycles. The Morgan fingerprint density at radius 3 is 3.28 bits per heavy atom. The van der Waals surface area contributed by atoms with Gasteiger partial charge in [-0.1, -0.05) is 6.92 Å². The summed E-state index contributed by atoms with van der Waals surface area (Å²) in [5.41, 5.74) is 6.58. The number of hydrogen-bond donors (Lipinski definition) is 2. The summed E-state index contributed by atoms with van der Waals surface area (Å²) in [6.45, 7) is 6.43. The minimum absolute atomic E-state index is 0.437. The molecule has 2 atom stereocenters. The SMILES string of the molecule is CCC1OCCC1CNCc1cn(CCN)cn1. The van der Waals surface area contributed by atoms with Gasteiger partial charge < -0.3 is 20.4 Å². The van der Waals surface area contributed by atoms with E-state index in [0.717, 1.165) is 38.4 Å². The molecular weight excluding hydrogens is 228 g/mol. The van der Waals surface area contributed by atoms with E-state index in [4.69, 9.17) is 10.5 Å². The molecule has 18 heavy (non-hydrogen) atoms. The normalized spacial score (nSPS) is 23.7. The molecule has 0 spiro atoms. The average molecular weight is 252 g/mol. The number of imidazole rings is 1. The van der Waals surface area contributed by atoms with Crippen LogP contribution in [0.5, 0.6) is 0 Å². The molecule has 2 rings (SSSR count). The zero-order valence-corrected chi connectivity index (χ0v) is 11.1. The van der Waals surface area contributed by atoms with Crippen LogP contribution in [-0.2, 0) is 17.8 Å². The van der Waals surface area contributed by atoms with Crippen LogP contribution in [0.3, 0.4) is 0 Å². The van der Waals surface area contributed by atoms with Crippen LogP contribution in [-0.4, -0.2) is 35.4 Å².